The quantitative estimate of drug-likeness (QED) is 0.744. The van der Waals surface area contributed by atoms with E-state index in [0.29, 0.717) is 17.4 Å². The van der Waals surface area contributed by atoms with Crippen LogP contribution >= 0.6 is 0 Å². The van der Waals surface area contributed by atoms with Crippen LogP contribution in [0.25, 0.3) is 10.9 Å². The normalized spacial score (nSPS) is 12.3. The van der Waals surface area contributed by atoms with Gasteiger partial charge in [-0.2, -0.15) is 0 Å². The first-order valence-corrected chi connectivity index (χ1v) is 8.59. The number of fused-ring (bicyclic) bond motifs is 1. The van der Waals surface area contributed by atoms with E-state index in [1.54, 1.807) is 18.2 Å². The molecule has 0 aliphatic rings. The molecule has 1 amide bonds. The number of amides is 1. The highest BCUT2D eigenvalue weighted by Gasteiger charge is 2.16. The molecular weight excluding hydrogens is 326 g/mol. The van der Waals surface area contributed by atoms with Crippen LogP contribution in [0.3, 0.4) is 0 Å². The summed E-state index contributed by atoms with van der Waals surface area (Å²) in [6, 6.07) is 16.9. The topological polar surface area (TPSA) is 65.2 Å². The largest absolute Gasteiger partial charge is 0.350 e. The average Bonchev–Trinajstić information content (AvgIpc) is 2.63. The van der Waals surface area contributed by atoms with Crippen molar-refractivity contribution in [3.63, 3.8) is 0 Å². The third-order valence-corrected chi connectivity index (χ3v) is 4.52. The van der Waals surface area contributed by atoms with E-state index in [1.165, 1.54) is 11.6 Å². The molecule has 0 saturated carbocycles. The molecule has 2 aromatic carbocycles. The van der Waals surface area contributed by atoms with Crippen molar-refractivity contribution in [2.75, 3.05) is 20.6 Å². The Hall–Kier alpha value is -2.92. The van der Waals surface area contributed by atoms with E-state index >= 15 is 0 Å². The van der Waals surface area contributed by atoms with Gasteiger partial charge in [0.1, 0.15) is 5.69 Å². The molecule has 0 radical (unpaired) electrons. The summed E-state index contributed by atoms with van der Waals surface area (Å²) in [5, 5.41) is 3.51. The van der Waals surface area contributed by atoms with Crippen LogP contribution in [-0.4, -0.2) is 36.4 Å². The molecule has 0 aliphatic carbocycles. The molecule has 3 rings (SSSR count). The predicted molar refractivity (Wildman–Crippen MR) is 105 cm³/mol. The van der Waals surface area contributed by atoms with Crippen LogP contribution in [0.15, 0.2) is 59.4 Å². The van der Waals surface area contributed by atoms with E-state index in [1.807, 2.05) is 27.1 Å². The Kier molecular flexibility index (Phi) is 5.19. The summed E-state index contributed by atoms with van der Waals surface area (Å²) in [7, 11) is 3.96. The van der Waals surface area contributed by atoms with Gasteiger partial charge in [0.25, 0.3) is 5.91 Å². The summed E-state index contributed by atoms with van der Waals surface area (Å²) >= 11 is 0. The standard InChI is InChI=1S/C21H23N3O2/c1-14-8-10-15(11-9-14)19(24(2)3)13-22-21(26)18-12-20(25)16-6-4-5-7-17(16)23-18/h4-12,19H,13H2,1-3H3,(H,22,26)(H,23,25)/t19-/m0/s1. The summed E-state index contributed by atoms with van der Waals surface area (Å²) in [5.74, 6) is -0.285. The number of carbonyl (C=O) groups is 1. The van der Waals surface area contributed by atoms with Crippen LogP contribution in [0.1, 0.15) is 27.7 Å². The lowest BCUT2D eigenvalue weighted by molar-refractivity contribution is 0.0937. The zero-order valence-electron chi connectivity index (χ0n) is 15.2. The summed E-state index contributed by atoms with van der Waals surface area (Å²) in [5.41, 5.74) is 3.10. The lowest BCUT2D eigenvalue weighted by atomic mass is 10.0. The Labute approximate surface area is 152 Å². The highest BCUT2D eigenvalue weighted by Crippen LogP contribution is 2.18. The van der Waals surface area contributed by atoms with Gasteiger partial charge in [0.2, 0.25) is 0 Å². The van der Waals surface area contributed by atoms with Crippen molar-refractivity contribution < 1.29 is 4.79 Å². The summed E-state index contributed by atoms with van der Waals surface area (Å²) < 4.78 is 0. The van der Waals surface area contributed by atoms with E-state index < -0.39 is 0 Å². The van der Waals surface area contributed by atoms with Gasteiger partial charge in [0.15, 0.2) is 5.43 Å². The second-order valence-corrected chi connectivity index (χ2v) is 6.69. The van der Waals surface area contributed by atoms with Crippen molar-refractivity contribution in [3.05, 3.63) is 81.6 Å². The number of likely N-dealkylation sites (N-methyl/N-ethyl adjacent to an activating group) is 1. The van der Waals surface area contributed by atoms with Crippen molar-refractivity contribution in [1.82, 2.24) is 15.2 Å². The van der Waals surface area contributed by atoms with Crippen LogP contribution < -0.4 is 10.7 Å². The van der Waals surface area contributed by atoms with Crippen molar-refractivity contribution in [3.8, 4) is 0 Å². The number of para-hydroxylation sites is 1. The van der Waals surface area contributed by atoms with Crippen LogP contribution in [0.2, 0.25) is 0 Å². The Bertz CT molecular complexity index is 974. The van der Waals surface area contributed by atoms with E-state index in [4.69, 9.17) is 0 Å². The molecule has 5 nitrogen and oxygen atoms in total. The Balaban J connectivity index is 1.78. The van der Waals surface area contributed by atoms with Gasteiger partial charge in [-0.1, -0.05) is 42.0 Å². The van der Waals surface area contributed by atoms with Gasteiger partial charge < -0.3 is 15.2 Å². The van der Waals surface area contributed by atoms with Gasteiger partial charge in [-0.3, -0.25) is 9.59 Å². The van der Waals surface area contributed by atoms with Crippen molar-refractivity contribution >= 4 is 16.8 Å². The molecule has 5 heteroatoms. The van der Waals surface area contributed by atoms with Gasteiger partial charge in [-0.05, 0) is 38.7 Å². The van der Waals surface area contributed by atoms with Gasteiger partial charge in [-0.25, -0.2) is 0 Å². The third-order valence-electron chi connectivity index (χ3n) is 4.52. The molecule has 1 heterocycles. The van der Waals surface area contributed by atoms with E-state index in [9.17, 15) is 9.59 Å². The number of rotatable bonds is 5. The fourth-order valence-corrected chi connectivity index (χ4v) is 2.99. The monoisotopic (exact) mass is 349 g/mol. The predicted octanol–water partition coefficient (Wildman–Crippen LogP) is 2.87. The molecule has 1 aromatic heterocycles. The number of hydrogen-bond acceptors (Lipinski definition) is 3. The van der Waals surface area contributed by atoms with Gasteiger partial charge >= 0.3 is 0 Å². The number of benzene rings is 2. The van der Waals surface area contributed by atoms with Crippen LogP contribution in [-0.2, 0) is 0 Å². The molecule has 1 atom stereocenters. The SMILES string of the molecule is Cc1ccc([C@H](CNC(=O)c2cc(=O)c3ccccc3[nH]2)N(C)C)cc1. The van der Waals surface area contributed by atoms with Crippen molar-refractivity contribution in [2.45, 2.75) is 13.0 Å². The number of aromatic amines is 1. The number of aromatic nitrogens is 1. The number of aryl methyl sites for hydroxylation is 1. The van der Waals surface area contributed by atoms with E-state index in [-0.39, 0.29) is 23.1 Å². The number of H-pyrrole nitrogens is 1. The number of nitrogens with one attached hydrogen (secondary N) is 2. The molecule has 26 heavy (non-hydrogen) atoms. The van der Waals surface area contributed by atoms with Crippen molar-refractivity contribution in [2.24, 2.45) is 0 Å². The average molecular weight is 349 g/mol. The lowest BCUT2D eigenvalue weighted by Gasteiger charge is -2.25. The number of pyridine rings is 1. The molecule has 3 aromatic rings. The molecular formula is C21H23N3O2. The molecule has 2 N–H and O–H groups in total. The fourth-order valence-electron chi connectivity index (χ4n) is 2.99. The molecule has 0 aliphatic heterocycles. The van der Waals surface area contributed by atoms with Crippen molar-refractivity contribution in [1.29, 1.82) is 0 Å². The maximum absolute atomic E-state index is 12.6. The maximum Gasteiger partial charge on any atom is 0.267 e. The van der Waals surface area contributed by atoms with Crippen LogP contribution in [0, 0.1) is 6.92 Å². The fraction of sp³-hybridized carbons (Fsp3) is 0.238. The smallest absolute Gasteiger partial charge is 0.267 e. The minimum absolute atomic E-state index is 0.0479. The number of hydrogen-bond donors (Lipinski definition) is 2. The zero-order chi connectivity index (χ0) is 18.7. The molecule has 0 spiro atoms. The Morgan fingerprint density at radius 3 is 2.50 bits per heavy atom. The number of nitrogens with zero attached hydrogens (tertiary/aromatic N) is 1. The van der Waals surface area contributed by atoms with E-state index in [2.05, 4.69) is 39.5 Å². The van der Waals surface area contributed by atoms with E-state index in [0.717, 1.165) is 5.56 Å². The maximum atomic E-state index is 12.6. The molecule has 0 saturated heterocycles. The second kappa shape index (κ2) is 7.54. The first-order chi connectivity index (χ1) is 12.5. The molecule has 0 unspecified atom stereocenters. The van der Waals surface area contributed by atoms with Crippen LogP contribution in [0.4, 0.5) is 0 Å². The second-order valence-electron chi connectivity index (χ2n) is 6.69. The van der Waals surface area contributed by atoms with Crippen LogP contribution in [0.5, 0.6) is 0 Å². The minimum Gasteiger partial charge on any atom is -0.350 e. The Morgan fingerprint density at radius 1 is 1.12 bits per heavy atom. The lowest BCUT2D eigenvalue weighted by Crippen LogP contribution is -2.35. The molecule has 0 bridgehead atoms. The van der Waals surface area contributed by atoms with Gasteiger partial charge in [0, 0.05) is 23.5 Å². The first kappa shape index (κ1) is 17.9. The minimum atomic E-state index is -0.285. The third kappa shape index (κ3) is 3.83. The summed E-state index contributed by atoms with van der Waals surface area (Å²) in [6.45, 7) is 2.50. The number of carbonyl (C=O) groups excluding carboxylic acids is 1. The molecule has 134 valence electrons. The highest BCUT2D eigenvalue weighted by molar-refractivity contribution is 5.94. The van der Waals surface area contributed by atoms with Gasteiger partial charge in [-0.15, -0.1) is 0 Å². The van der Waals surface area contributed by atoms with Gasteiger partial charge in [0.05, 0.1) is 6.04 Å². The summed E-state index contributed by atoms with van der Waals surface area (Å²) in [4.78, 5) is 29.9. The Morgan fingerprint density at radius 2 is 1.81 bits per heavy atom. The summed E-state index contributed by atoms with van der Waals surface area (Å²) in [6.07, 6.45) is 0. The molecule has 0 fully saturated rings. The zero-order valence-corrected chi connectivity index (χ0v) is 15.2. The highest BCUT2D eigenvalue weighted by atomic mass is 16.2. The first-order valence-electron chi connectivity index (χ1n) is 8.59.